The quantitative estimate of drug-likeness (QED) is 0.606. The van der Waals surface area contributed by atoms with Crippen LogP contribution in [0.15, 0.2) is 0 Å². The first-order chi connectivity index (χ1) is 10.6. The van der Waals surface area contributed by atoms with Crippen LogP contribution < -0.4 is 16.0 Å². The molecule has 2 amide bonds. The summed E-state index contributed by atoms with van der Waals surface area (Å²) < 4.78 is 5.24. The Morgan fingerprint density at radius 1 is 1.04 bits per heavy atom. The minimum atomic E-state index is -0.498. The van der Waals surface area contributed by atoms with Crippen LogP contribution in [0.4, 0.5) is 4.79 Å². The zero-order valence-electron chi connectivity index (χ0n) is 15.8. The van der Waals surface area contributed by atoms with Crippen LogP contribution in [0.25, 0.3) is 0 Å². The second-order valence-electron chi connectivity index (χ2n) is 7.31. The molecule has 0 aliphatic heterocycles. The summed E-state index contributed by atoms with van der Waals surface area (Å²) in [6, 6.07) is -0.246. The number of hydrogen-bond donors (Lipinski definition) is 3. The average molecular weight is 329 g/mol. The number of ether oxygens (including phenoxy) is 1. The summed E-state index contributed by atoms with van der Waals surface area (Å²) in [4.78, 5) is 23.6. The van der Waals surface area contributed by atoms with Crippen molar-refractivity contribution in [2.24, 2.45) is 11.8 Å². The lowest BCUT2D eigenvalue weighted by Gasteiger charge is -2.25. The van der Waals surface area contributed by atoms with E-state index in [1.54, 1.807) is 0 Å². The summed E-state index contributed by atoms with van der Waals surface area (Å²) in [5.74, 6) is 0.613. The van der Waals surface area contributed by atoms with Gasteiger partial charge in [0.25, 0.3) is 0 Å². The Kier molecular flexibility index (Phi) is 9.88. The van der Waals surface area contributed by atoms with Gasteiger partial charge in [0.15, 0.2) is 0 Å². The van der Waals surface area contributed by atoms with Crippen molar-refractivity contribution >= 4 is 12.0 Å². The minimum Gasteiger partial charge on any atom is -0.444 e. The van der Waals surface area contributed by atoms with E-state index in [2.05, 4.69) is 29.8 Å². The van der Waals surface area contributed by atoms with Crippen molar-refractivity contribution < 1.29 is 14.3 Å². The molecule has 0 aromatic rings. The summed E-state index contributed by atoms with van der Waals surface area (Å²) in [5.41, 5.74) is -0.498. The van der Waals surface area contributed by atoms with E-state index >= 15 is 0 Å². The van der Waals surface area contributed by atoms with Crippen LogP contribution in [0.1, 0.15) is 54.9 Å². The van der Waals surface area contributed by atoms with Gasteiger partial charge in [-0.15, -0.1) is 0 Å². The molecule has 0 aliphatic carbocycles. The smallest absolute Gasteiger partial charge is 0.407 e. The van der Waals surface area contributed by atoms with Crippen LogP contribution in [-0.2, 0) is 9.53 Å². The maximum atomic E-state index is 11.8. The van der Waals surface area contributed by atoms with Gasteiger partial charge in [0.2, 0.25) is 5.91 Å². The summed E-state index contributed by atoms with van der Waals surface area (Å²) >= 11 is 0. The molecule has 6 heteroatoms. The normalized spacial score (nSPS) is 14.3. The fourth-order valence-corrected chi connectivity index (χ4v) is 1.89. The molecule has 0 saturated heterocycles. The maximum Gasteiger partial charge on any atom is 0.407 e. The van der Waals surface area contributed by atoms with Crippen molar-refractivity contribution in [1.82, 2.24) is 16.0 Å². The third-order valence-electron chi connectivity index (χ3n) is 3.48. The lowest BCUT2D eigenvalue weighted by Crippen LogP contribution is -2.46. The third kappa shape index (κ3) is 11.0. The molecule has 0 bridgehead atoms. The predicted molar refractivity (Wildman–Crippen MR) is 93.3 cm³/mol. The molecule has 0 aromatic carbocycles. The predicted octanol–water partition coefficient (Wildman–Crippen LogP) is 2.29. The second kappa shape index (κ2) is 10.5. The molecule has 0 rings (SSSR count). The van der Waals surface area contributed by atoms with Crippen molar-refractivity contribution in [3.8, 4) is 0 Å². The molecule has 0 spiro atoms. The number of carbonyl (C=O) groups is 2. The highest BCUT2D eigenvalue weighted by Crippen LogP contribution is 2.10. The van der Waals surface area contributed by atoms with Gasteiger partial charge < -0.3 is 20.7 Å². The molecule has 0 aliphatic rings. The van der Waals surface area contributed by atoms with E-state index in [0.29, 0.717) is 25.6 Å². The van der Waals surface area contributed by atoms with Crippen LogP contribution in [0, 0.1) is 11.8 Å². The first-order valence-corrected chi connectivity index (χ1v) is 8.54. The van der Waals surface area contributed by atoms with Gasteiger partial charge in [-0.05, 0) is 46.0 Å². The highest BCUT2D eigenvalue weighted by atomic mass is 16.6. The highest BCUT2D eigenvalue weighted by Gasteiger charge is 2.20. The van der Waals surface area contributed by atoms with Gasteiger partial charge in [0.1, 0.15) is 5.60 Å². The Labute approximate surface area is 141 Å². The summed E-state index contributed by atoms with van der Waals surface area (Å²) in [6.45, 7) is 15.5. The Bertz CT molecular complexity index is 365. The van der Waals surface area contributed by atoms with Gasteiger partial charge in [0, 0.05) is 19.6 Å². The first kappa shape index (κ1) is 21.7. The van der Waals surface area contributed by atoms with Crippen molar-refractivity contribution in [3.05, 3.63) is 0 Å². The van der Waals surface area contributed by atoms with E-state index in [9.17, 15) is 9.59 Å². The molecule has 3 N–H and O–H groups in total. The Morgan fingerprint density at radius 3 is 2.13 bits per heavy atom. The SMILES string of the molecule is CCCNC(=O)C(C)NCC(CNC(=O)OC(C)(C)C)C(C)C. The minimum absolute atomic E-state index is 0.00876. The Balaban J connectivity index is 4.27. The summed E-state index contributed by atoms with van der Waals surface area (Å²) in [6.07, 6.45) is 0.518. The van der Waals surface area contributed by atoms with Gasteiger partial charge in [-0.3, -0.25) is 4.79 Å². The lowest BCUT2D eigenvalue weighted by molar-refractivity contribution is -0.122. The fourth-order valence-electron chi connectivity index (χ4n) is 1.89. The maximum absolute atomic E-state index is 11.8. The summed E-state index contributed by atoms with van der Waals surface area (Å²) in [7, 11) is 0. The van der Waals surface area contributed by atoms with Crippen molar-refractivity contribution in [2.75, 3.05) is 19.6 Å². The van der Waals surface area contributed by atoms with Gasteiger partial charge in [-0.2, -0.15) is 0 Å². The van der Waals surface area contributed by atoms with E-state index in [1.807, 2.05) is 34.6 Å². The number of hydrogen-bond acceptors (Lipinski definition) is 4. The van der Waals surface area contributed by atoms with Crippen LogP contribution in [-0.4, -0.2) is 43.3 Å². The van der Waals surface area contributed by atoms with Gasteiger partial charge in [-0.1, -0.05) is 20.8 Å². The molecule has 2 unspecified atom stereocenters. The molecule has 0 saturated carbocycles. The topological polar surface area (TPSA) is 79.5 Å². The molecule has 0 aromatic heterocycles. The zero-order valence-corrected chi connectivity index (χ0v) is 15.8. The third-order valence-corrected chi connectivity index (χ3v) is 3.48. The summed E-state index contributed by atoms with van der Waals surface area (Å²) in [5, 5.41) is 8.92. The standard InChI is InChI=1S/C17H35N3O3/c1-8-9-18-15(21)13(4)19-10-14(12(2)3)11-20-16(22)23-17(5,6)7/h12-14,19H,8-11H2,1-7H3,(H,18,21)(H,20,22). The molecular weight excluding hydrogens is 294 g/mol. The van der Waals surface area contributed by atoms with Crippen LogP contribution in [0.3, 0.4) is 0 Å². The van der Waals surface area contributed by atoms with Crippen LogP contribution in [0.5, 0.6) is 0 Å². The number of carbonyl (C=O) groups excluding carboxylic acids is 2. The first-order valence-electron chi connectivity index (χ1n) is 8.54. The molecule has 2 atom stereocenters. The Morgan fingerprint density at radius 2 is 1.65 bits per heavy atom. The number of rotatable bonds is 9. The van der Waals surface area contributed by atoms with E-state index in [-0.39, 0.29) is 17.9 Å². The number of nitrogens with one attached hydrogen (secondary N) is 3. The number of alkyl carbamates (subject to hydrolysis) is 1. The highest BCUT2D eigenvalue weighted by molar-refractivity contribution is 5.81. The lowest BCUT2D eigenvalue weighted by atomic mass is 9.95. The molecule has 0 fully saturated rings. The van der Waals surface area contributed by atoms with E-state index in [1.165, 1.54) is 0 Å². The molecule has 136 valence electrons. The van der Waals surface area contributed by atoms with Crippen molar-refractivity contribution in [3.63, 3.8) is 0 Å². The van der Waals surface area contributed by atoms with Crippen LogP contribution in [0.2, 0.25) is 0 Å². The van der Waals surface area contributed by atoms with Gasteiger partial charge in [-0.25, -0.2) is 4.79 Å². The van der Waals surface area contributed by atoms with E-state index in [0.717, 1.165) is 6.42 Å². The zero-order chi connectivity index (χ0) is 18.0. The van der Waals surface area contributed by atoms with Crippen molar-refractivity contribution in [1.29, 1.82) is 0 Å². The Hall–Kier alpha value is -1.30. The van der Waals surface area contributed by atoms with Gasteiger partial charge >= 0.3 is 6.09 Å². The molecule has 23 heavy (non-hydrogen) atoms. The molecular formula is C17H35N3O3. The van der Waals surface area contributed by atoms with E-state index < -0.39 is 11.7 Å². The fraction of sp³-hybridized carbons (Fsp3) is 0.882. The van der Waals surface area contributed by atoms with Gasteiger partial charge in [0.05, 0.1) is 6.04 Å². The largest absolute Gasteiger partial charge is 0.444 e. The molecule has 6 nitrogen and oxygen atoms in total. The monoisotopic (exact) mass is 329 g/mol. The van der Waals surface area contributed by atoms with Crippen molar-refractivity contribution in [2.45, 2.75) is 66.5 Å². The number of amides is 2. The molecule has 0 radical (unpaired) electrons. The van der Waals surface area contributed by atoms with Crippen LogP contribution >= 0.6 is 0 Å². The molecule has 0 heterocycles. The second-order valence-corrected chi connectivity index (χ2v) is 7.31. The average Bonchev–Trinajstić information content (AvgIpc) is 2.41. The van der Waals surface area contributed by atoms with E-state index in [4.69, 9.17) is 4.74 Å².